The molecule has 3 rings (SSSR count). The van der Waals surface area contributed by atoms with Gasteiger partial charge in [0.25, 0.3) is 5.91 Å². The van der Waals surface area contributed by atoms with Crippen LogP contribution < -0.4 is 11.1 Å². The van der Waals surface area contributed by atoms with Crippen molar-refractivity contribution in [1.82, 2.24) is 15.3 Å². The van der Waals surface area contributed by atoms with Gasteiger partial charge in [0.15, 0.2) is 0 Å². The summed E-state index contributed by atoms with van der Waals surface area (Å²) in [5.74, 6) is -0.138. The largest absolute Gasteiger partial charge is 0.397 e. The fraction of sp³-hybridized carbons (Fsp3) is 0.214. The molecule has 0 unspecified atom stereocenters. The van der Waals surface area contributed by atoms with E-state index < -0.39 is 0 Å². The van der Waals surface area contributed by atoms with Gasteiger partial charge in [-0.3, -0.25) is 9.78 Å². The maximum atomic E-state index is 12.2. The highest BCUT2D eigenvalue weighted by atomic mass is 32.1. The van der Waals surface area contributed by atoms with Gasteiger partial charge in [0, 0.05) is 36.1 Å². The van der Waals surface area contributed by atoms with E-state index in [1.807, 2.05) is 18.4 Å². The number of fused-ring (bicyclic) bond motifs is 1. The molecule has 0 saturated carbocycles. The number of anilines is 1. The summed E-state index contributed by atoms with van der Waals surface area (Å²) in [6.45, 7) is 2.52. The van der Waals surface area contributed by atoms with Crippen LogP contribution in [-0.4, -0.2) is 22.4 Å². The van der Waals surface area contributed by atoms with E-state index in [1.165, 1.54) is 11.3 Å². The number of pyridine rings is 1. The Hall–Kier alpha value is -1.99. The molecule has 0 saturated heterocycles. The number of hydrogen-bond acceptors (Lipinski definition) is 6. The molecule has 1 amide bonds. The maximum Gasteiger partial charge on any atom is 0.263 e. The molecule has 5 nitrogen and oxygen atoms in total. The molecule has 0 spiro atoms. The number of nitrogens with two attached hydrogens (primary N) is 1. The number of nitrogens with one attached hydrogen (secondary N) is 1. The van der Waals surface area contributed by atoms with Crippen LogP contribution in [0.3, 0.4) is 0 Å². The lowest BCUT2D eigenvalue weighted by atomic mass is 10.2. The molecular formula is C14H14N4OS2. The first-order valence-electron chi connectivity index (χ1n) is 6.46. The van der Waals surface area contributed by atoms with E-state index in [0.717, 1.165) is 27.2 Å². The van der Waals surface area contributed by atoms with E-state index in [1.54, 1.807) is 23.7 Å². The van der Waals surface area contributed by atoms with E-state index in [9.17, 15) is 4.79 Å². The number of nitrogen functional groups attached to an aromatic ring is 1. The molecule has 0 fully saturated rings. The van der Waals surface area contributed by atoms with Crippen LogP contribution in [0.5, 0.6) is 0 Å². The molecule has 0 radical (unpaired) electrons. The Morgan fingerprint density at radius 3 is 3.05 bits per heavy atom. The van der Waals surface area contributed by atoms with E-state index >= 15 is 0 Å². The molecule has 0 aromatic carbocycles. The summed E-state index contributed by atoms with van der Waals surface area (Å²) < 4.78 is 0.926. The van der Waals surface area contributed by atoms with Gasteiger partial charge in [-0.1, -0.05) is 0 Å². The Kier molecular flexibility index (Phi) is 3.85. The Morgan fingerprint density at radius 2 is 2.33 bits per heavy atom. The minimum atomic E-state index is -0.138. The Bertz CT molecular complexity index is 793. The molecule has 0 atom stereocenters. The van der Waals surface area contributed by atoms with Crippen LogP contribution >= 0.6 is 22.7 Å². The van der Waals surface area contributed by atoms with E-state index in [2.05, 4.69) is 15.3 Å². The molecule has 0 aliphatic rings. The monoisotopic (exact) mass is 318 g/mol. The van der Waals surface area contributed by atoms with Crippen LogP contribution in [0.2, 0.25) is 0 Å². The first-order valence-corrected chi connectivity index (χ1v) is 8.16. The Balaban J connectivity index is 1.68. The number of hydrogen-bond donors (Lipinski definition) is 2. The second kappa shape index (κ2) is 5.79. The number of aryl methyl sites for hydroxylation is 1. The SMILES string of the molecule is Cc1nc(CCNC(=O)c2sc3cnccc3c2N)cs1. The van der Waals surface area contributed by atoms with Gasteiger partial charge in [-0.2, -0.15) is 0 Å². The van der Waals surface area contributed by atoms with E-state index in [-0.39, 0.29) is 5.91 Å². The summed E-state index contributed by atoms with van der Waals surface area (Å²) in [7, 11) is 0. The van der Waals surface area contributed by atoms with Gasteiger partial charge >= 0.3 is 0 Å². The third-order valence-corrected chi connectivity index (χ3v) is 5.05. The Labute approximate surface area is 129 Å². The van der Waals surface area contributed by atoms with Crippen LogP contribution in [0.4, 0.5) is 5.69 Å². The predicted octanol–water partition coefficient (Wildman–Crippen LogP) is 2.62. The predicted molar refractivity (Wildman–Crippen MR) is 86.9 cm³/mol. The number of thiophene rings is 1. The van der Waals surface area contributed by atoms with Gasteiger partial charge < -0.3 is 11.1 Å². The molecule has 3 N–H and O–H groups in total. The lowest BCUT2D eigenvalue weighted by Gasteiger charge is -2.03. The highest BCUT2D eigenvalue weighted by Gasteiger charge is 2.15. The third-order valence-electron chi connectivity index (χ3n) is 3.07. The van der Waals surface area contributed by atoms with Crippen molar-refractivity contribution in [3.05, 3.63) is 39.4 Å². The zero-order chi connectivity index (χ0) is 14.8. The molecule has 0 aliphatic carbocycles. The zero-order valence-electron chi connectivity index (χ0n) is 11.4. The third kappa shape index (κ3) is 2.88. The van der Waals surface area contributed by atoms with Gasteiger partial charge in [-0.25, -0.2) is 4.98 Å². The highest BCUT2D eigenvalue weighted by Crippen LogP contribution is 2.32. The molecule has 7 heteroatoms. The topological polar surface area (TPSA) is 80.9 Å². The van der Waals surface area contributed by atoms with Crippen LogP contribution in [0.25, 0.3) is 10.1 Å². The molecule has 0 bridgehead atoms. The van der Waals surface area contributed by atoms with E-state index in [0.29, 0.717) is 17.1 Å². The summed E-state index contributed by atoms with van der Waals surface area (Å²) in [5, 5.41) is 6.83. The van der Waals surface area contributed by atoms with Crippen molar-refractivity contribution in [2.75, 3.05) is 12.3 Å². The number of thiazole rings is 1. The average Bonchev–Trinajstić information content (AvgIpc) is 3.03. The summed E-state index contributed by atoms with van der Waals surface area (Å²) in [5.41, 5.74) is 7.57. The molecular weight excluding hydrogens is 304 g/mol. The lowest BCUT2D eigenvalue weighted by molar-refractivity contribution is 0.0959. The average molecular weight is 318 g/mol. The number of rotatable bonds is 4. The lowest BCUT2D eigenvalue weighted by Crippen LogP contribution is -2.25. The minimum absolute atomic E-state index is 0.138. The van der Waals surface area contributed by atoms with Crippen molar-refractivity contribution >= 4 is 44.4 Å². The highest BCUT2D eigenvalue weighted by molar-refractivity contribution is 7.21. The van der Waals surface area contributed by atoms with Crippen molar-refractivity contribution < 1.29 is 4.79 Å². The number of aromatic nitrogens is 2. The molecule has 3 heterocycles. The van der Waals surface area contributed by atoms with Crippen LogP contribution in [0.15, 0.2) is 23.8 Å². The second-order valence-corrected chi connectivity index (χ2v) is 6.69. The molecule has 108 valence electrons. The van der Waals surface area contributed by atoms with Crippen LogP contribution in [0, 0.1) is 6.92 Å². The first-order chi connectivity index (χ1) is 10.1. The van der Waals surface area contributed by atoms with Crippen molar-refractivity contribution in [1.29, 1.82) is 0 Å². The van der Waals surface area contributed by atoms with Crippen molar-refractivity contribution in [3.8, 4) is 0 Å². The molecule has 3 aromatic heterocycles. The summed E-state index contributed by atoms with van der Waals surface area (Å²) in [6.07, 6.45) is 4.13. The maximum absolute atomic E-state index is 12.2. The van der Waals surface area contributed by atoms with Gasteiger partial charge in [0.05, 0.1) is 21.1 Å². The normalized spacial score (nSPS) is 10.9. The van der Waals surface area contributed by atoms with Crippen LogP contribution in [0.1, 0.15) is 20.4 Å². The van der Waals surface area contributed by atoms with Crippen molar-refractivity contribution in [3.63, 3.8) is 0 Å². The minimum Gasteiger partial charge on any atom is -0.397 e. The number of amides is 1. The molecule has 3 aromatic rings. The quantitative estimate of drug-likeness (QED) is 0.775. The second-order valence-electron chi connectivity index (χ2n) is 4.58. The smallest absolute Gasteiger partial charge is 0.263 e. The van der Waals surface area contributed by atoms with Gasteiger partial charge in [0.2, 0.25) is 0 Å². The summed E-state index contributed by atoms with van der Waals surface area (Å²) >= 11 is 2.99. The number of carbonyl (C=O) groups excluding carboxylic acids is 1. The zero-order valence-corrected chi connectivity index (χ0v) is 13.1. The molecule has 21 heavy (non-hydrogen) atoms. The van der Waals surface area contributed by atoms with Crippen molar-refractivity contribution in [2.24, 2.45) is 0 Å². The number of nitrogens with zero attached hydrogens (tertiary/aromatic N) is 2. The number of carbonyl (C=O) groups is 1. The van der Waals surface area contributed by atoms with Gasteiger partial charge in [-0.15, -0.1) is 22.7 Å². The van der Waals surface area contributed by atoms with Gasteiger partial charge in [-0.05, 0) is 13.0 Å². The first kappa shape index (κ1) is 14.0. The van der Waals surface area contributed by atoms with Crippen LogP contribution in [-0.2, 0) is 6.42 Å². The van der Waals surface area contributed by atoms with Crippen molar-refractivity contribution in [2.45, 2.75) is 13.3 Å². The summed E-state index contributed by atoms with van der Waals surface area (Å²) in [6, 6.07) is 1.83. The summed E-state index contributed by atoms with van der Waals surface area (Å²) in [4.78, 5) is 21.2. The molecule has 0 aliphatic heterocycles. The van der Waals surface area contributed by atoms with Gasteiger partial charge in [0.1, 0.15) is 4.88 Å². The van der Waals surface area contributed by atoms with E-state index in [4.69, 9.17) is 5.73 Å². The standard InChI is InChI=1S/C14H14N4OS2/c1-8-18-9(7-20-8)2-5-17-14(19)13-12(15)10-3-4-16-6-11(10)21-13/h3-4,6-7H,2,5,15H2,1H3,(H,17,19). The fourth-order valence-electron chi connectivity index (χ4n) is 2.05. The Morgan fingerprint density at radius 1 is 1.48 bits per heavy atom. The fourth-order valence-corrected chi connectivity index (χ4v) is 3.70.